The fraction of sp³-hybridized carbons (Fsp3) is 0.611. The molecule has 0 radical (unpaired) electrons. The van der Waals surface area contributed by atoms with E-state index in [9.17, 15) is 5.11 Å². The molecule has 0 aliphatic carbocycles. The molecule has 0 atom stereocenters. The summed E-state index contributed by atoms with van der Waals surface area (Å²) in [6, 6.07) is 6.42. The van der Waals surface area contributed by atoms with Crippen LogP contribution in [0.3, 0.4) is 0 Å². The molecule has 0 unspecified atom stereocenters. The molecule has 1 aromatic carbocycles. The second-order valence-electron chi connectivity index (χ2n) is 6.32. The zero-order valence-electron chi connectivity index (χ0n) is 14.5. The normalized spacial score (nSPS) is 17.8. The number of rotatable bonds is 5. The number of aliphatic imine (C=N–C) groups is 1. The van der Waals surface area contributed by atoms with E-state index in [0.717, 1.165) is 12.5 Å². The Morgan fingerprint density at radius 2 is 2.00 bits per heavy atom. The van der Waals surface area contributed by atoms with E-state index < -0.39 is 5.60 Å². The quantitative estimate of drug-likeness (QED) is 0.573. The molecule has 5 heteroatoms. The lowest BCUT2D eigenvalue weighted by Crippen LogP contribution is -2.49. The average Bonchev–Trinajstić information content (AvgIpc) is 2.52. The summed E-state index contributed by atoms with van der Waals surface area (Å²) in [6.07, 6.45) is 1.33. The summed E-state index contributed by atoms with van der Waals surface area (Å²) in [5, 5.41) is 17.0. The molecule has 1 aliphatic rings. The summed E-state index contributed by atoms with van der Waals surface area (Å²) in [4.78, 5) is 4.64. The number of hydrogen-bond donors (Lipinski definition) is 3. The monoisotopic (exact) mass is 319 g/mol. The van der Waals surface area contributed by atoms with E-state index in [4.69, 9.17) is 4.74 Å². The zero-order valence-corrected chi connectivity index (χ0v) is 14.5. The van der Waals surface area contributed by atoms with E-state index in [1.54, 1.807) is 0 Å². The molecule has 1 heterocycles. The minimum atomic E-state index is -0.700. The minimum Gasteiger partial charge on any atom is -0.388 e. The van der Waals surface area contributed by atoms with E-state index in [2.05, 4.69) is 47.7 Å². The molecule has 5 nitrogen and oxygen atoms in total. The molecule has 1 fully saturated rings. The molecule has 0 saturated carbocycles. The average molecular weight is 319 g/mol. The van der Waals surface area contributed by atoms with Crippen LogP contribution in [-0.4, -0.2) is 43.0 Å². The summed E-state index contributed by atoms with van der Waals surface area (Å²) >= 11 is 0. The van der Waals surface area contributed by atoms with Crippen LogP contribution in [0, 0.1) is 13.8 Å². The largest absolute Gasteiger partial charge is 0.388 e. The standard InChI is InChI=1S/C18H29N3O2/c1-4-19-17(21-13-18(22)7-9-23-10-8-18)20-12-16-6-5-14(2)11-15(16)3/h5-6,11,22H,4,7-10,12-13H2,1-3H3,(H2,19,20,21). The first-order valence-corrected chi connectivity index (χ1v) is 8.41. The number of aliphatic hydroxyl groups is 1. The summed E-state index contributed by atoms with van der Waals surface area (Å²) in [5.74, 6) is 0.743. The molecule has 2 rings (SSSR count). The molecule has 0 aromatic heterocycles. The van der Waals surface area contributed by atoms with Crippen LogP contribution in [0.15, 0.2) is 23.2 Å². The Balaban J connectivity index is 1.96. The predicted octanol–water partition coefficient (Wildman–Crippen LogP) is 1.90. The van der Waals surface area contributed by atoms with Crippen molar-refractivity contribution in [2.45, 2.75) is 45.8 Å². The SMILES string of the molecule is CCNC(=NCc1ccc(C)cc1C)NCC1(O)CCOCC1. The molecule has 3 N–H and O–H groups in total. The van der Waals surface area contributed by atoms with Crippen molar-refractivity contribution in [2.75, 3.05) is 26.3 Å². The van der Waals surface area contributed by atoms with Gasteiger partial charge in [-0.15, -0.1) is 0 Å². The number of nitrogens with zero attached hydrogens (tertiary/aromatic N) is 1. The van der Waals surface area contributed by atoms with E-state index >= 15 is 0 Å². The van der Waals surface area contributed by atoms with Crippen LogP contribution in [0.1, 0.15) is 36.5 Å². The smallest absolute Gasteiger partial charge is 0.191 e. The van der Waals surface area contributed by atoms with Crippen LogP contribution in [-0.2, 0) is 11.3 Å². The van der Waals surface area contributed by atoms with Crippen molar-refractivity contribution in [3.63, 3.8) is 0 Å². The van der Waals surface area contributed by atoms with E-state index in [1.165, 1.54) is 16.7 Å². The van der Waals surface area contributed by atoms with Gasteiger partial charge in [-0.05, 0) is 31.9 Å². The molecule has 1 aromatic rings. The van der Waals surface area contributed by atoms with Gasteiger partial charge in [0.05, 0.1) is 12.1 Å². The molecule has 1 saturated heterocycles. The van der Waals surface area contributed by atoms with Crippen LogP contribution >= 0.6 is 0 Å². The molecule has 128 valence electrons. The van der Waals surface area contributed by atoms with Gasteiger partial charge in [-0.25, -0.2) is 4.99 Å². The number of nitrogens with one attached hydrogen (secondary N) is 2. The maximum atomic E-state index is 10.5. The number of aryl methyl sites for hydroxylation is 2. The second kappa shape index (κ2) is 8.31. The molecule has 0 amide bonds. The van der Waals surface area contributed by atoms with Crippen molar-refractivity contribution in [3.05, 3.63) is 34.9 Å². The van der Waals surface area contributed by atoms with Crippen molar-refractivity contribution >= 4 is 5.96 Å². The van der Waals surface area contributed by atoms with Gasteiger partial charge < -0.3 is 20.5 Å². The van der Waals surface area contributed by atoms with Crippen molar-refractivity contribution in [1.82, 2.24) is 10.6 Å². The number of benzene rings is 1. The number of guanidine groups is 1. The lowest BCUT2D eigenvalue weighted by molar-refractivity contribution is -0.0594. The van der Waals surface area contributed by atoms with Gasteiger partial charge in [-0.3, -0.25) is 0 Å². The lowest BCUT2D eigenvalue weighted by atomic mass is 9.94. The van der Waals surface area contributed by atoms with Crippen molar-refractivity contribution < 1.29 is 9.84 Å². The van der Waals surface area contributed by atoms with Gasteiger partial charge >= 0.3 is 0 Å². The molecule has 0 spiro atoms. The number of ether oxygens (including phenoxy) is 1. The Morgan fingerprint density at radius 1 is 1.26 bits per heavy atom. The summed E-state index contributed by atoms with van der Waals surface area (Å²) in [6.45, 7) is 9.40. The first-order chi connectivity index (χ1) is 11.0. The first kappa shape index (κ1) is 17.8. The van der Waals surface area contributed by atoms with Crippen molar-refractivity contribution in [3.8, 4) is 0 Å². The Hall–Kier alpha value is -1.59. The topological polar surface area (TPSA) is 65.9 Å². The van der Waals surface area contributed by atoms with Crippen LogP contribution in [0.5, 0.6) is 0 Å². The fourth-order valence-corrected chi connectivity index (χ4v) is 2.71. The highest BCUT2D eigenvalue weighted by Gasteiger charge is 2.29. The van der Waals surface area contributed by atoms with Gasteiger partial charge in [0.25, 0.3) is 0 Å². The maximum Gasteiger partial charge on any atom is 0.191 e. The van der Waals surface area contributed by atoms with Gasteiger partial charge in [-0.1, -0.05) is 23.8 Å². The Bertz CT molecular complexity index is 537. The Labute approximate surface area is 139 Å². The van der Waals surface area contributed by atoms with Crippen LogP contribution < -0.4 is 10.6 Å². The summed E-state index contributed by atoms with van der Waals surface area (Å²) in [5.41, 5.74) is 3.04. The third-order valence-corrected chi connectivity index (χ3v) is 4.26. The molecular weight excluding hydrogens is 290 g/mol. The third-order valence-electron chi connectivity index (χ3n) is 4.26. The van der Waals surface area contributed by atoms with Gasteiger partial charge in [0.15, 0.2) is 5.96 Å². The third kappa shape index (κ3) is 5.52. The zero-order chi connectivity index (χ0) is 16.7. The van der Waals surface area contributed by atoms with Gasteiger partial charge in [0.2, 0.25) is 0 Å². The summed E-state index contributed by atoms with van der Waals surface area (Å²) < 4.78 is 5.31. The maximum absolute atomic E-state index is 10.5. The van der Waals surface area contributed by atoms with Crippen LogP contribution in [0.2, 0.25) is 0 Å². The molecular formula is C18H29N3O2. The minimum absolute atomic E-state index is 0.495. The first-order valence-electron chi connectivity index (χ1n) is 8.41. The highest BCUT2D eigenvalue weighted by molar-refractivity contribution is 5.79. The fourth-order valence-electron chi connectivity index (χ4n) is 2.71. The highest BCUT2D eigenvalue weighted by atomic mass is 16.5. The predicted molar refractivity (Wildman–Crippen MR) is 93.7 cm³/mol. The molecule has 1 aliphatic heterocycles. The lowest BCUT2D eigenvalue weighted by Gasteiger charge is -2.32. The molecule has 23 heavy (non-hydrogen) atoms. The summed E-state index contributed by atoms with van der Waals surface area (Å²) in [7, 11) is 0. The van der Waals surface area contributed by atoms with Crippen molar-refractivity contribution in [1.29, 1.82) is 0 Å². The Morgan fingerprint density at radius 3 is 2.65 bits per heavy atom. The van der Waals surface area contributed by atoms with Gasteiger partial charge in [0, 0.05) is 39.1 Å². The molecule has 0 bridgehead atoms. The highest BCUT2D eigenvalue weighted by Crippen LogP contribution is 2.19. The van der Waals surface area contributed by atoms with Crippen molar-refractivity contribution in [2.24, 2.45) is 4.99 Å². The van der Waals surface area contributed by atoms with Gasteiger partial charge in [0.1, 0.15) is 0 Å². The second-order valence-corrected chi connectivity index (χ2v) is 6.32. The Kier molecular flexibility index (Phi) is 6.42. The van der Waals surface area contributed by atoms with E-state index in [1.807, 2.05) is 6.92 Å². The van der Waals surface area contributed by atoms with Crippen LogP contribution in [0.25, 0.3) is 0 Å². The van der Waals surface area contributed by atoms with Crippen LogP contribution in [0.4, 0.5) is 0 Å². The van der Waals surface area contributed by atoms with Gasteiger partial charge in [-0.2, -0.15) is 0 Å². The van der Waals surface area contributed by atoms with E-state index in [-0.39, 0.29) is 0 Å². The van der Waals surface area contributed by atoms with E-state index in [0.29, 0.717) is 39.1 Å². The number of hydrogen-bond acceptors (Lipinski definition) is 3.